The lowest BCUT2D eigenvalue weighted by Crippen LogP contribution is -2.36. The van der Waals surface area contributed by atoms with Gasteiger partial charge in [-0.2, -0.15) is 0 Å². The molecule has 1 aromatic rings. The van der Waals surface area contributed by atoms with Crippen LogP contribution in [0, 0.1) is 0 Å². The Morgan fingerprint density at radius 3 is 2.89 bits per heavy atom. The fourth-order valence-corrected chi connectivity index (χ4v) is 2.85. The van der Waals surface area contributed by atoms with Gasteiger partial charge in [0.05, 0.1) is 0 Å². The van der Waals surface area contributed by atoms with Crippen LogP contribution in [-0.2, 0) is 4.79 Å². The summed E-state index contributed by atoms with van der Waals surface area (Å²) >= 11 is 7.49. The Balaban J connectivity index is 1.65. The molecule has 98 valence electrons. The number of hydrogen-bond acceptors (Lipinski definition) is 3. The Morgan fingerprint density at radius 2 is 2.22 bits per heavy atom. The zero-order chi connectivity index (χ0) is 12.8. The van der Waals surface area contributed by atoms with E-state index in [-0.39, 0.29) is 5.91 Å². The van der Waals surface area contributed by atoms with Crippen molar-refractivity contribution in [1.29, 1.82) is 0 Å². The van der Waals surface area contributed by atoms with Crippen LogP contribution in [0.1, 0.15) is 12.8 Å². The van der Waals surface area contributed by atoms with Gasteiger partial charge in [0, 0.05) is 34.7 Å². The van der Waals surface area contributed by atoms with Gasteiger partial charge in [0.1, 0.15) is 0 Å². The van der Waals surface area contributed by atoms with E-state index in [1.54, 1.807) is 11.8 Å². The van der Waals surface area contributed by atoms with Gasteiger partial charge >= 0.3 is 0 Å². The second kappa shape index (κ2) is 7.02. The SMILES string of the molecule is O=C(CCSc1ccc(Cl)cc1)NC1CCNC1. The molecule has 5 heteroatoms. The third kappa shape index (κ3) is 4.52. The van der Waals surface area contributed by atoms with Gasteiger partial charge in [-0.05, 0) is 37.2 Å². The maximum absolute atomic E-state index is 11.7. The highest BCUT2D eigenvalue weighted by Gasteiger charge is 2.16. The fourth-order valence-electron chi connectivity index (χ4n) is 1.87. The smallest absolute Gasteiger partial charge is 0.221 e. The molecule has 0 aliphatic carbocycles. The van der Waals surface area contributed by atoms with Crippen molar-refractivity contribution in [1.82, 2.24) is 10.6 Å². The highest BCUT2D eigenvalue weighted by atomic mass is 35.5. The number of amides is 1. The van der Waals surface area contributed by atoms with Crippen LogP contribution < -0.4 is 10.6 Å². The molecule has 0 spiro atoms. The molecule has 1 saturated heterocycles. The molecule has 2 N–H and O–H groups in total. The lowest BCUT2D eigenvalue weighted by molar-refractivity contribution is -0.121. The van der Waals surface area contributed by atoms with E-state index in [1.807, 2.05) is 24.3 Å². The van der Waals surface area contributed by atoms with Gasteiger partial charge in [-0.25, -0.2) is 0 Å². The Bertz CT molecular complexity index is 390. The highest BCUT2D eigenvalue weighted by Crippen LogP contribution is 2.20. The summed E-state index contributed by atoms with van der Waals surface area (Å²) in [5.74, 6) is 0.943. The Labute approximate surface area is 117 Å². The van der Waals surface area contributed by atoms with E-state index < -0.39 is 0 Å². The van der Waals surface area contributed by atoms with Crippen molar-refractivity contribution >= 4 is 29.3 Å². The van der Waals surface area contributed by atoms with Gasteiger partial charge < -0.3 is 10.6 Å². The summed E-state index contributed by atoms with van der Waals surface area (Å²) in [6.07, 6.45) is 1.60. The molecule has 0 radical (unpaired) electrons. The second-order valence-corrected chi connectivity index (χ2v) is 5.91. The van der Waals surface area contributed by atoms with Crippen LogP contribution in [0.15, 0.2) is 29.2 Å². The molecule has 1 atom stereocenters. The summed E-state index contributed by atoms with van der Waals surface area (Å²) in [5, 5.41) is 7.01. The van der Waals surface area contributed by atoms with Crippen LogP contribution in [0.2, 0.25) is 5.02 Å². The first-order chi connectivity index (χ1) is 8.74. The maximum Gasteiger partial charge on any atom is 0.221 e. The molecule has 1 heterocycles. The molecule has 0 bridgehead atoms. The van der Waals surface area contributed by atoms with Gasteiger partial charge in [-0.15, -0.1) is 11.8 Å². The Morgan fingerprint density at radius 1 is 1.44 bits per heavy atom. The van der Waals surface area contributed by atoms with Crippen molar-refractivity contribution in [2.45, 2.75) is 23.8 Å². The summed E-state index contributed by atoms with van der Waals surface area (Å²) < 4.78 is 0. The van der Waals surface area contributed by atoms with Crippen LogP contribution in [0.25, 0.3) is 0 Å². The molecule has 1 unspecified atom stereocenters. The first-order valence-electron chi connectivity index (χ1n) is 6.12. The number of carbonyl (C=O) groups excluding carboxylic acids is 1. The molecule has 1 aromatic carbocycles. The monoisotopic (exact) mass is 284 g/mol. The van der Waals surface area contributed by atoms with Crippen LogP contribution in [0.3, 0.4) is 0 Å². The Kier molecular flexibility index (Phi) is 5.35. The lowest BCUT2D eigenvalue weighted by atomic mass is 10.2. The van der Waals surface area contributed by atoms with Crippen molar-refractivity contribution < 1.29 is 4.79 Å². The second-order valence-electron chi connectivity index (χ2n) is 4.31. The van der Waals surface area contributed by atoms with Gasteiger partial charge in [0.25, 0.3) is 0 Å². The first-order valence-corrected chi connectivity index (χ1v) is 7.49. The van der Waals surface area contributed by atoms with Crippen molar-refractivity contribution in [2.75, 3.05) is 18.8 Å². The third-order valence-electron chi connectivity index (χ3n) is 2.84. The van der Waals surface area contributed by atoms with Crippen molar-refractivity contribution in [3.8, 4) is 0 Å². The van der Waals surface area contributed by atoms with Crippen molar-refractivity contribution in [2.24, 2.45) is 0 Å². The molecule has 18 heavy (non-hydrogen) atoms. The number of benzene rings is 1. The van der Waals surface area contributed by atoms with E-state index in [2.05, 4.69) is 10.6 Å². The molecule has 2 rings (SSSR count). The van der Waals surface area contributed by atoms with Gasteiger partial charge in [-0.3, -0.25) is 4.79 Å². The van der Waals surface area contributed by atoms with E-state index >= 15 is 0 Å². The van der Waals surface area contributed by atoms with Crippen molar-refractivity contribution in [3.63, 3.8) is 0 Å². The van der Waals surface area contributed by atoms with E-state index in [9.17, 15) is 4.79 Å². The molecule has 1 aliphatic rings. The molecular weight excluding hydrogens is 268 g/mol. The molecule has 3 nitrogen and oxygen atoms in total. The summed E-state index contributed by atoms with van der Waals surface area (Å²) in [5.41, 5.74) is 0. The van der Waals surface area contributed by atoms with Gasteiger partial charge in [0.2, 0.25) is 5.91 Å². The first kappa shape index (κ1) is 13.7. The number of hydrogen-bond donors (Lipinski definition) is 2. The summed E-state index contributed by atoms with van der Waals surface area (Å²) in [7, 11) is 0. The predicted octanol–water partition coefficient (Wildman–Crippen LogP) is 2.30. The number of halogens is 1. The average Bonchev–Trinajstić information content (AvgIpc) is 2.84. The minimum absolute atomic E-state index is 0.144. The van der Waals surface area contributed by atoms with E-state index in [0.29, 0.717) is 12.5 Å². The topological polar surface area (TPSA) is 41.1 Å². The summed E-state index contributed by atoms with van der Waals surface area (Å²) in [6, 6.07) is 8.01. The molecule has 1 aliphatic heterocycles. The number of rotatable bonds is 5. The predicted molar refractivity (Wildman–Crippen MR) is 76.2 cm³/mol. The van der Waals surface area contributed by atoms with Crippen molar-refractivity contribution in [3.05, 3.63) is 29.3 Å². The molecule has 0 aromatic heterocycles. The van der Waals surface area contributed by atoms with Crippen LogP contribution in [-0.4, -0.2) is 30.8 Å². The van der Waals surface area contributed by atoms with E-state index in [0.717, 1.165) is 35.2 Å². The zero-order valence-electron chi connectivity index (χ0n) is 10.1. The van der Waals surface area contributed by atoms with E-state index in [4.69, 9.17) is 11.6 Å². The van der Waals surface area contributed by atoms with Crippen LogP contribution in [0.5, 0.6) is 0 Å². The molecular formula is C13H17ClN2OS. The maximum atomic E-state index is 11.7. The fraction of sp³-hybridized carbons (Fsp3) is 0.462. The number of carbonyl (C=O) groups is 1. The normalized spacial score (nSPS) is 18.8. The lowest BCUT2D eigenvalue weighted by Gasteiger charge is -2.10. The van der Waals surface area contributed by atoms with Gasteiger partial charge in [0.15, 0.2) is 0 Å². The minimum atomic E-state index is 0.144. The molecule has 1 fully saturated rings. The number of nitrogens with one attached hydrogen (secondary N) is 2. The quantitative estimate of drug-likeness (QED) is 0.815. The number of thioether (sulfide) groups is 1. The zero-order valence-corrected chi connectivity index (χ0v) is 11.7. The third-order valence-corrected chi connectivity index (χ3v) is 4.10. The average molecular weight is 285 g/mol. The standard InChI is InChI=1S/C13H17ClN2OS/c14-10-1-3-12(4-2-10)18-8-6-13(17)16-11-5-7-15-9-11/h1-4,11,15H,5-9H2,(H,16,17). The van der Waals surface area contributed by atoms with Crippen LogP contribution in [0.4, 0.5) is 0 Å². The highest BCUT2D eigenvalue weighted by molar-refractivity contribution is 7.99. The van der Waals surface area contributed by atoms with Gasteiger partial charge in [-0.1, -0.05) is 11.6 Å². The summed E-state index contributed by atoms with van der Waals surface area (Å²) in [6.45, 7) is 1.90. The van der Waals surface area contributed by atoms with Crippen LogP contribution >= 0.6 is 23.4 Å². The summed E-state index contributed by atoms with van der Waals surface area (Å²) in [4.78, 5) is 12.8. The minimum Gasteiger partial charge on any atom is -0.352 e. The van der Waals surface area contributed by atoms with E-state index in [1.165, 1.54) is 0 Å². The Hall–Kier alpha value is -0.710. The largest absolute Gasteiger partial charge is 0.352 e. The molecule has 1 amide bonds. The molecule has 0 saturated carbocycles.